The Kier molecular flexibility index (Phi) is 1.85. The molecule has 0 saturated heterocycles. The van der Waals surface area contributed by atoms with Gasteiger partial charge in [0.05, 0.1) is 24.4 Å². The standard InChI is InChI=1S/C11H15N3O/c1-7-8-6-15-5-2-9(8)14-10(13-7)11(12)3-4-11/h2-6,12H2,1H3. The van der Waals surface area contributed by atoms with Gasteiger partial charge in [0, 0.05) is 17.7 Å². The maximum Gasteiger partial charge on any atom is 0.148 e. The summed E-state index contributed by atoms with van der Waals surface area (Å²) in [5, 5.41) is 0. The van der Waals surface area contributed by atoms with Gasteiger partial charge in [0.1, 0.15) is 5.82 Å². The van der Waals surface area contributed by atoms with Gasteiger partial charge in [-0.3, -0.25) is 0 Å². The van der Waals surface area contributed by atoms with Crippen LogP contribution in [0.25, 0.3) is 0 Å². The lowest BCUT2D eigenvalue weighted by Crippen LogP contribution is -2.25. The molecule has 0 aromatic carbocycles. The van der Waals surface area contributed by atoms with Crippen LogP contribution in [0.4, 0.5) is 0 Å². The van der Waals surface area contributed by atoms with Gasteiger partial charge in [-0.15, -0.1) is 0 Å². The van der Waals surface area contributed by atoms with Crippen LogP contribution in [0.5, 0.6) is 0 Å². The summed E-state index contributed by atoms with van der Waals surface area (Å²) < 4.78 is 5.41. The third kappa shape index (κ3) is 1.44. The summed E-state index contributed by atoms with van der Waals surface area (Å²) in [6, 6.07) is 0. The molecule has 0 spiro atoms. The van der Waals surface area contributed by atoms with Gasteiger partial charge in [0.2, 0.25) is 0 Å². The van der Waals surface area contributed by atoms with Crippen molar-refractivity contribution in [2.45, 2.75) is 38.3 Å². The minimum atomic E-state index is -0.224. The zero-order valence-electron chi connectivity index (χ0n) is 8.92. The van der Waals surface area contributed by atoms with Crippen molar-refractivity contribution in [1.82, 2.24) is 9.97 Å². The smallest absolute Gasteiger partial charge is 0.148 e. The molecule has 2 aliphatic rings. The number of aromatic nitrogens is 2. The fourth-order valence-corrected chi connectivity index (χ4v) is 1.97. The van der Waals surface area contributed by atoms with Crippen molar-refractivity contribution >= 4 is 0 Å². The molecule has 1 aliphatic carbocycles. The molecular formula is C11H15N3O. The molecule has 1 saturated carbocycles. The fourth-order valence-electron chi connectivity index (χ4n) is 1.97. The molecule has 0 radical (unpaired) electrons. The first-order valence-corrected chi connectivity index (χ1v) is 5.42. The van der Waals surface area contributed by atoms with Crippen LogP contribution in [0, 0.1) is 6.92 Å². The van der Waals surface area contributed by atoms with E-state index in [1.165, 1.54) is 0 Å². The highest BCUT2D eigenvalue weighted by molar-refractivity contribution is 5.29. The number of hydrogen-bond acceptors (Lipinski definition) is 4. The van der Waals surface area contributed by atoms with E-state index in [1.807, 2.05) is 6.92 Å². The van der Waals surface area contributed by atoms with Crippen LogP contribution < -0.4 is 5.73 Å². The Hall–Kier alpha value is -1.00. The first kappa shape index (κ1) is 9.24. The van der Waals surface area contributed by atoms with Gasteiger partial charge < -0.3 is 10.5 Å². The number of rotatable bonds is 1. The lowest BCUT2D eigenvalue weighted by atomic mass is 10.1. The second-order valence-electron chi connectivity index (χ2n) is 4.52. The first-order chi connectivity index (χ1) is 7.19. The highest BCUT2D eigenvalue weighted by Gasteiger charge is 2.43. The molecule has 0 unspecified atom stereocenters. The third-order valence-corrected chi connectivity index (χ3v) is 3.26. The van der Waals surface area contributed by atoms with E-state index < -0.39 is 0 Å². The van der Waals surface area contributed by atoms with E-state index in [0.717, 1.165) is 48.6 Å². The lowest BCUT2D eigenvalue weighted by molar-refractivity contribution is 0.108. The third-order valence-electron chi connectivity index (χ3n) is 3.26. The van der Waals surface area contributed by atoms with Crippen molar-refractivity contribution < 1.29 is 4.74 Å². The summed E-state index contributed by atoms with van der Waals surface area (Å²) >= 11 is 0. The normalized spacial score (nSPS) is 22.3. The Balaban J connectivity index is 2.08. The second kappa shape index (κ2) is 3.00. The van der Waals surface area contributed by atoms with Gasteiger partial charge in [-0.25, -0.2) is 9.97 Å². The number of aryl methyl sites for hydroxylation is 1. The van der Waals surface area contributed by atoms with E-state index >= 15 is 0 Å². The van der Waals surface area contributed by atoms with E-state index in [0.29, 0.717) is 6.61 Å². The Morgan fingerprint density at radius 1 is 1.33 bits per heavy atom. The number of nitrogens with zero attached hydrogens (tertiary/aromatic N) is 2. The first-order valence-electron chi connectivity index (χ1n) is 5.42. The zero-order valence-corrected chi connectivity index (χ0v) is 8.92. The van der Waals surface area contributed by atoms with E-state index in [4.69, 9.17) is 10.5 Å². The average Bonchev–Trinajstić information content (AvgIpc) is 2.98. The van der Waals surface area contributed by atoms with Crippen LogP contribution in [0.15, 0.2) is 0 Å². The number of hydrogen-bond donors (Lipinski definition) is 1. The lowest BCUT2D eigenvalue weighted by Gasteiger charge is -2.19. The quantitative estimate of drug-likeness (QED) is 0.737. The van der Waals surface area contributed by atoms with Crippen LogP contribution in [-0.4, -0.2) is 16.6 Å². The van der Waals surface area contributed by atoms with Crippen molar-refractivity contribution in [2.75, 3.05) is 6.61 Å². The molecule has 80 valence electrons. The number of nitrogens with two attached hydrogens (primary N) is 1. The molecule has 0 amide bonds. The van der Waals surface area contributed by atoms with Crippen molar-refractivity contribution in [3.63, 3.8) is 0 Å². The van der Waals surface area contributed by atoms with Gasteiger partial charge in [0.15, 0.2) is 0 Å². The highest BCUT2D eigenvalue weighted by atomic mass is 16.5. The molecule has 1 fully saturated rings. The summed E-state index contributed by atoms with van der Waals surface area (Å²) in [6.07, 6.45) is 2.92. The minimum Gasteiger partial charge on any atom is -0.376 e. The van der Waals surface area contributed by atoms with Crippen LogP contribution in [0.3, 0.4) is 0 Å². The molecule has 1 aromatic rings. The fraction of sp³-hybridized carbons (Fsp3) is 0.636. The van der Waals surface area contributed by atoms with Crippen molar-refractivity contribution in [3.05, 3.63) is 22.8 Å². The minimum absolute atomic E-state index is 0.224. The largest absolute Gasteiger partial charge is 0.376 e. The molecular weight excluding hydrogens is 190 g/mol. The summed E-state index contributed by atoms with van der Waals surface area (Å²) in [4.78, 5) is 9.10. The predicted molar refractivity (Wildman–Crippen MR) is 55.2 cm³/mol. The number of fused-ring (bicyclic) bond motifs is 1. The Bertz CT molecular complexity index is 413. The topological polar surface area (TPSA) is 61.0 Å². The van der Waals surface area contributed by atoms with Gasteiger partial charge in [-0.2, -0.15) is 0 Å². The van der Waals surface area contributed by atoms with E-state index in [9.17, 15) is 0 Å². The van der Waals surface area contributed by atoms with Gasteiger partial charge in [-0.1, -0.05) is 0 Å². The molecule has 15 heavy (non-hydrogen) atoms. The van der Waals surface area contributed by atoms with Crippen molar-refractivity contribution in [1.29, 1.82) is 0 Å². The monoisotopic (exact) mass is 205 g/mol. The Morgan fingerprint density at radius 3 is 2.87 bits per heavy atom. The van der Waals surface area contributed by atoms with Crippen LogP contribution in [0.2, 0.25) is 0 Å². The zero-order chi connectivity index (χ0) is 10.5. The van der Waals surface area contributed by atoms with E-state index in [-0.39, 0.29) is 5.54 Å². The highest BCUT2D eigenvalue weighted by Crippen LogP contribution is 2.41. The Morgan fingerprint density at radius 2 is 2.13 bits per heavy atom. The van der Waals surface area contributed by atoms with Crippen LogP contribution in [0.1, 0.15) is 35.6 Å². The molecule has 2 heterocycles. The molecule has 2 N–H and O–H groups in total. The van der Waals surface area contributed by atoms with Crippen LogP contribution in [-0.2, 0) is 23.3 Å². The second-order valence-corrected chi connectivity index (χ2v) is 4.52. The van der Waals surface area contributed by atoms with E-state index in [2.05, 4.69) is 9.97 Å². The maximum absolute atomic E-state index is 6.11. The molecule has 1 aliphatic heterocycles. The summed E-state index contributed by atoms with van der Waals surface area (Å²) in [5.41, 5.74) is 9.22. The maximum atomic E-state index is 6.11. The summed E-state index contributed by atoms with van der Waals surface area (Å²) in [6.45, 7) is 3.43. The van der Waals surface area contributed by atoms with Crippen molar-refractivity contribution in [2.24, 2.45) is 5.73 Å². The summed E-state index contributed by atoms with van der Waals surface area (Å²) in [5.74, 6) is 0.834. The van der Waals surface area contributed by atoms with Crippen molar-refractivity contribution in [3.8, 4) is 0 Å². The summed E-state index contributed by atoms with van der Waals surface area (Å²) in [7, 11) is 0. The molecule has 4 heteroatoms. The van der Waals surface area contributed by atoms with E-state index in [1.54, 1.807) is 0 Å². The van der Waals surface area contributed by atoms with Gasteiger partial charge >= 0.3 is 0 Å². The molecule has 0 bridgehead atoms. The average molecular weight is 205 g/mol. The Labute approximate surface area is 88.9 Å². The van der Waals surface area contributed by atoms with Crippen LogP contribution >= 0.6 is 0 Å². The molecule has 1 aromatic heterocycles. The predicted octanol–water partition coefficient (Wildman–Crippen LogP) is 0.806. The van der Waals surface area contributed by atoms with Gasteiger partial charge in [0.25, 0.3) is 0 Å². The molecule has 4 nitrogen and oxygen atoms in total. The SMILES string of the molecule is Cc1nc(C2(N)CC2)nc2c1COCC2. The van der Waals surface area contributed by atoms with Gasteiger partial charge in [-0.05, 0) is 19.8 Å². The molecule has 3 rings (SSSR count). The number of ether oxygens (including phenoxy) is 1. The molecule has 0 atom stereocenters.